The zero-order valence-electron chi connectivity index (χ0n) is 7.62. The first-order valence-corrected chi connectivity index (χ1v) is 5.35. The minimum absolute atomic E-state index is 0.635. The summed E-state index contributed by atoms with van der Waals surface area (Å²) in [5.74, 6) is 0. The van der Waals surface area contributed by atoms with E-state index < -0.39 is 5.60 Å². The summed E-state index contributed by atoms with van der Waals surface area (Å²) in [5.41, 5.74) is 0.111. The van der Waals surface area contributed by atoms with E-state index in [0.29, 0.717) is 5.19 Å². The summed E-state index contributed by atoms with van der Waals surface area (Å²) in [4.78, 5) is 4.23. The van der Waals surface area contributed by atoms with Gasteiger partial charge in [0.25, 0.3) is 5.19 Å². The number of thiazole rings is 1. The molecule has 2 rings (SSSR count). The third-order valence-electron chi connectivity index (χ3n) is 2.57. The van der Waals surface area contributed by atoms with Crippen molar-refractivity contribution in [3.63, 3.8) is 0 Å². The molecule has 0 radical (unpaired) electrons. The highest BCUT2D eigenvalue weighted by atomic mass is 32.1. The lowest BCUT2D eigenvalue weighted by atomic mass is 9.99. The van der Waals surface area contributed by atoms with E-state index in [-0.39, 0.29) is 0 Å². The second-order valence-electron chi connectivity index (χ2n) is 3.44. The van der Waals surface area contributed by atoms with Crippen LogP contribution in [0.2, 0.25) is 0 Å². The quantitative estimate of drug-likeness (QED) is 0.791. The molecule has 0 amide bonds. The molecular weight excluding hydrogens is 186 g/mol. The molecule has 0 aromatic carbocycles. The van der Waals surface area contributed by atoms with Gasteiger partial charge in [-0.05, 0) is 12.8 Å². The van der Waals surface area contributed by atoms with Crippen molar-refractivity contribution >= 4 is 11.3 Å². The van der Waals surface area contributed by atoms with Crippen molar-refractivity contribution in [2.75, 3.05) is 7.11 Å². The van der Waals surface area contributed by atoms with Crippen molar-refractivity contribution < 1.29 is 9.84 Å². The molecule has 1 aliphatic carbocycles. The van der Waals surface area contributed by atoms with Crippen LogP contribution in [0, 0.1) is 0 Å². The van der Waals surface area contributed by atoms with E-state index >= 15 is 0 Å². The van der Waals surface area contributed by atoms with Gasteiger partial charge in [-0.2, -0.15) is 0 Å². The molecule has 0 bridgehead atoms. The fraction of sp³-hybridized carbons (Fsp3) is 0.667. The highest BCUT2D eigenvalue weighted by molar-refractivity contribution is 7.11. The number of ether oxygens (including phenoxy) is 1. The van der Waals surface area contributed by atoms with Gasteiger partial charge in [-0.15, -0.1) is 0 Å². The number of aliphatic hydroxyl groups is 1. The van der Waals surface area contributed by atoms with Crippen LogP contribution >= 0.6 is 11.3 Å². The third-order valence-corrected chi connectivity index (χ3v) is 3.37. The van der Waals surface area contributed by atoms with Crippen LogP contribution in [-0.2, 0) is 5.60 Å². The van der Waals surface area contributed by atoms with Gasteiger partial charge >= 0.3 is 0 Å². The number of hydrogen-bond acceptors (Lipinski definition) is 4. The monoisotopic (exact) mass is 199 g/mol. The van der Waals surface area contributed by atoms with Crippen molar-refractivity contribution in [3.05, 3.63) is 11.1 Å². The zero-order chi connectivity index (χ0) is 9.31. The first-order chi connectivity index (χ1) is 6.24. The highest BCUT2D eigenvalue weighted by Gasteiger charge is 2.35. The largest absolute Gasteiger partial charge is 0.473 e. The van der Waals surface area contributed by atoms with Gasteiger partial charge < -0.3 is 9.84 Å². The fourth-order valence-corrected chi connectivity index (χ4v) is 2.51. The standard InChI is InChI=1S/C9H13NO2S/c1-12-8-10-7(6-13-8)9(11)4-2-3-5-9/h6,11H,2-5H2,1H3. The smallest absolute Gasteiger partial charge is 0.273 e. The Labute approximate surface area is 81.4 Å². The van der Waals surface area contributed by atoms with Gasteiger partial charge in [-0.1, -0.05) is 24.2 Å². The van der Waals surface area contributed by atoms with Crippen molar-refractivity contribution in [2.24, 2.45) is 0 Å². The van der Waals surface area contributed by atoms with E-state index in [1.165, 1.54) is 11.3 Å². The molecule has 1 aliphatic rings. The summed E-state index contributed by atoms with van der Waals surface area (Å²) >= 11 is 1.44. The first-order valence-electron chi connectivity index (χ1n) is 4.47. The number of methoxy groups -OCH3 is 1. The average Bonchev–Trinajstić information content (AvgIpc) is 2.72. The molecule has 1 heterocycles. The molecule has 1 N–H and O–H groups in total. The average molecular weight is 199 g/mol. The van der Waals surface area contributed by atoms with Gasteiger partial charge in [-0.3, -0.25) is 0 Å². The minimum Gasteiger partial charge on any atom is -0.473 e. The number of hydrogen-bond donors (Lipinski definition) is 1. The second kappa shape index (κ2) is 3.27. The molecule has 13 heavy (non-hydrogen) atoms. The molecule has 3 nitrogen and oxygen atoms in total. The van der Waals surface area contributed by atoms with Gasteiger partial charge in [0.1, 0.15) is 5.60 Å². The van der Waals surface area contributed by atoms with Crippen LogP contribution in [0.15, 0.2) is 5.38 Å². The van der Waals surface area contributed by atoms with Gasteiger partial charge in [0, 0.05) is 5.38 Å². The Morgan fingerprint density at radius 1 is 1.54 bits per heavy atom. The SMILES string of the molecule is COc1nc(C2(O)CCCC2)cs1. The van der Waals surface area contributed by atoms with E-state index in [1.807, 2.05) is 5.38 Å². The van der Waals surface area contributed by atoms with Crippen molar-refractivity contribution in [1.29, 1.82) is 0 Å². The number of rotatable bonds is 2. The molecule has 1 fully saturated rings. The van der Waals surface area contributed by atoms with E-state index in [1.54, 1.807) is 7.11 Å². The van der Waals surface area contributed by atoms with Gasteiger partial charge in [0.2, 0.25) is 0 Å². The molecule has 0 atom stereocenters. The fourth-order valence-electron chi connectivity index (χ4n) is 1.78. The van der Waals surface area contributed by atoms with E-state index in [0.717, 1.165) is 31.4 Å². The molecule has 0 spiro atoms. The summed E-state index contributed by atoms with van der Waals surface area (Å²) < 4.78 is 5.00. The molecule has 1 aromatic heterocycles. The maximum absolute atomic E-state index is 10.2. The van der Waals surface area contributed by atoms with Crippen molar-refractivity contribution in [1.82, 2.24) is 4.98 Å². The van der Waals surface area contributed by atoms with Gasteiger partial charge in [-0.25, -0.2) is 4.98 Å². The number of aromatic nitrogens is 1. The lowest BCUT2D eigenvalue weighted by molar-refractivity contribution is 0.0402. The lowest BCUT2D eigenvalue weighted by Crippen LogP contribution is -2.21. The molecular formula is C9H13NO2S. The summed E-state index contributed by atoms with van der Waals surface area (Å²) in [7, 11) is 1.60. The Morgan fingerprint density at radius 2 is 2.23 bits per heavy atom. The molecule has 0 saturated heterocycles. The van der Waals surface area contributed by atoms with E-state index in [4.69, 9.17) is 4.74 Å². The Bertz CT molecular complexity index is 292. The van der Waals surface area contributed by atoms with Crippen LogP contribution in [-0.4, -0.2) is 17.2 Å². The topological polar surface area (TPSA) is 42.4 Å². The highest BCUT2D eigenvalue weighted by Crippen LogP contribution is 2.39. The van der Waals surface area contributed by atoms with Gasteiger partial charge in [0.15, 0.2) is 0 Å². The van der Waals surface area contributed by atoms with Crippen LogP contribution in [0.1, 0.15) is 31.4 Å². The zero-order valence-corrected chi connectivity index (χ0v) is 8.43. The minimum atomic E-state index is -0.673. The van der Waals surface area contributed by atoms with E-state index in [2.05, 4.69) is 4.98 Å². The Morgan fingerprint density at radius 3 is 2.77 bits per heavy atom. The van der Waals surface area contributed by atoms with Crippen molar-refractivity contribution in [2.45, 2.75) is 31.3 Å². The Hall–Kier alpha value is -0.610. The molecule has 0 unspecified atom stereocenters. The Balaban J connectivity index is 2.23. The van der Waals surface area contributed by atoms with Crippen LogP contribution in [0.4, 0.5) is 0 Å². The maximum Gasteiger partial charge on any atom is 0.273 e. The molecule has 1 saturated carbocycles. The summed E-state index contributed by atoms with van der Waals surface area (Å²) in [6, 6.07) is 0. The first kappa shape index (κ1) is 8.97. The second-order valence-corrected chi connectivity index (χ2v) is 4.26. The lowest BCUT2D eigenvalue weighted by Gasteiger charge is -2.18. The maximum atomic E-state index is 10.2. The predicted molar refractivity (Wildman–Crippen MR) is 51.0 cm³/mol. The molecule has 4 heteroatoms. The van der Waals surface area contributed by atoms with Crippen LogP contribution in [0.5, 0.6) is 5.19 Å². The van der Waals surface area contributed by atoms with Crippen LogP contribution < -0.4 is 4.74 Å². The molecule has 1 aromatic rings. The van der Waals surface area contributed by atoms with Crippen LogP contribution in [0.25, 0.3) is 0 Å². The molecule has 72 valence electrons. The Kier molecular flexibility index (Phi) is 2.26. The van der Waals surface area contributed by atoms with Crippen molar-refractivity contribution in [3.8, 4) is 5.19 Å². The van der Waals surface area contributed by atoms with Gasteiger partial charge in [0.05, 0.1) is 12.8 Å². The summed E-state index contributed by atoms with van der Waals surface area (Å²) in [6.07, 6.45) is 3.85. The third kappa shape index (κ3) is 1.56. The summed E-state index contributed by atoms with van der Waals surface area (Å²) in [5, 5.41) is 12.7. The van der Waals surface area contributed by atoms with Crippen LogP contribution in [0.3, 0.4) is 0 Å². The summed E-state index contributed by atoms with van der Waals surface area (Å²) in [6.45, 7) is 0. The van der Waals surface area contributed by atoms with E-state index in [9.17, 15) is 5.11 Å². The predicted octanol–water partition coefficient (Wildman–Crippen LogP) is 1.91. The molecule has 0 aliphatic heterocycles. The normalized spacial score (nSPS) is 20.5. The number of nitrogens with zero attached hydrogens (tertiary/aromatic N) is 1.